The molecule has 7 heteroatoms. The van der Waals surface area contributed by atoms with Crippen molar-refractivity contribution < 1.29 is 28.5 Å². The third-order valence-electron chi connectivity index (χ3n) is 4.94. The summed E-state index contributed by atoms with van der Waals surface area (Å²) in [6, 6.07) is 6.74. The van der Waals surface area contributed by atoms with Crippen molar-refractivity contribution in [3.8, 4) is 11.5 Å². The molecule has 0 amide bonds. The molecule has 1 aromatic heterocycles. The zero-order chi connectivity index (χ0) is 23.1. The van der Waals surface area contributed by atoms with Gasteiger partial charge in [-0.3, -0.25) is 4.79 Å². The van der Waals surface area contributed by atoms with Crippen LogP contribution in [0.5, 0.6) is 11.5 Å². The van der Waals surface area contributed by atoms with E-state index in [0.717, 1.165) is 11.4 Å². The van der Waals surface area contributed by atoms with Gasteiger partial charge in [-0.2, -0.15) is 0 Å². The van der Waals surface area contributed by atoms with Gasteiger partial charge in [0.25, 0.3) is 0 Å². The van der Waals surface area contributed by atoms with Gasteiger partial charge in [0, 0.05) is 24.1 Å². The van der Waals surface area contributed by atoms with Crippen LogP contribution in [0.25, 0.3) is 0 Å². The van der Waals surface area contributed by atoms with Crippen molar-refractivity contribution in [3.63, 3.8) is 0 Å². The van der Waals surface area contributed by atoms with Gasteiger partial charge in [-0.25, -0.2) is 4.79 Å². The highest BCUT2D eigenvalue weighted by Crippen LogP contribution is 2.29. The molecule has 0 saturated carbocycles. The second kappa shape index (κ2) is 11.0. The Morgan fingerprint density at radius 1 is 1.00 bits per heavy atom. The van der Waals surface area contributed by atoms with Crippen molar-refractivity contribution in [2.45, 2.75) is 40.7 Å². The molecular formula is C24H33NO6. The lowest BCUT2D eigenvalue weighted by molar-refractivity contribution is 0.0474. The van der Waals surface area contributed by atoms with Crippen molar-refractivity contribution in [3.05, 3.63) is 46.8 Å². The van der Waals surface area contributed by atoms with Gasteiger partial charge in [0.2, 0.25) is 5.78 Å². The highest BCUT2D eigenvalue weighted by Gasteiger charge is 2.21. The van der Waals surface area contributed by atoms with Crippen LogP contribution in [0.2, 0.25) is 0 Å². The molecule has 0 aliphatic heterocycles. The Morgan fingerprint density at radius 3 is 2.32 bits per heavy atom. The third-order valence-corrected chi connectivity index (χ3v) is 4.94. The fourth-order valence-electron chi connectivity index (χ4n) is 3.52. The number of aryl methyl sites for hydroxylation is 1. The molecule has 0 N–H and O–H groups in total. The van der Waals surface area contributed by atoms with Gasteiger partial charge in [0.15, 0.2) is 18.1 Å². The summed E-state index contributed by atoms with van der Waals surface area (Å²) in [5.41, 5.74) is 2.62. The molecule has 1 atom stereocenters. The van der Waals surface area contributed by atoms with E-state index >= 15 is 0 Å². The van der Waals surface area contributed by atoms with Crippen LogP contribution in [-0.4, -0.2) is 50.4 Å². The number of ketones is 1. The Balaban J connectivity index is 2.07. The molecule has 0 saturated heterocycles. The normalized spacial score (nSPS) is 12.0. The van der Waals surface area contributed by atoms with E-state index in [2.05, 4.69) is 4.57 Å². The molecule has 2 aromatic rings. The highest BCUT2D eigenvalue weighted by atomic mass is 16.5. The standard InChI is InChI=1S/C24H33NO6/c1-15(2)12-30-22-9-8-19(11-23(22)29-7)24(27)31-14-21(26)20-10-16(3)25(18(20)5)17(4)13-28-6/h8-11,15,17H,12-14H2,1-7H3. The van der Waals surface area contributed by atoms with Gasteiger partial charge in [0.1, 0.15) is 0 Å². The molecular weight excluding hydrogens is 398 g/mol. The smallest absolute Gasteiger partial charge is 0.338 e. The van der Waals surface area contributed by atoms with E-state index in [-0.39, 0.29) is 18.4 Å². The summed E-state index contributed by atoms with van der Waals surface area (Å²) in [4.78, 5) is 25.2. The Hall–Kier alpha value is -2.80. The van der Waals surface area contributed by atoms with E-state index in [1.54, 1.807) is 25.3 Å². The van der Waals surface area contributed by atoms with Gasteiger partial charge in [-0.15, -0.1) is 0 Å². The van der Waals surface area contributed by atoms with Crippen LogP contribution in [0.15, 0.2) is 24.3 Å². The number of esters is 1. The summed E-state index contributed by atoms with van der Waals surface area (Å²) in [5.74, 6) is 0.517. The van der Waals surface area contributed by atoms with E-state index in [4.69, 9.17) is 18.9 Å². The fraction of sp³-hybridized carbons (Fsp3) is 0.500. The molecule has 0 aliphatic carbocycles. The summed E-state index contributed by atoms with van der Waals surface area (Å²) in [5, 5.41) is 0. The van der Waals surface area contributed by atoms with E-state index in [0.29, 0.717) is 41.8 Å². The Morgan fingerprint density at radius 2 is 1.71 bits per heavy atom. The van der Waals surface area contributed by atoms with Gasteiger partial charge < -0.3 is 23.5 Å². The number of benzene rings is 1. The lowest BCUT2D eigenvalue weighted by Gasteiger charge is -2.17. The van der Waals surface area contributed by atoms with Crippen molar-refractivity contribution in [1.82, 2.24) is 4.57 Å². The average Bonchev–Trinajstić information content (AvgIpc) is 3.04. The molecule has 31 heavy (non-hydrogen) atoms. The number of ether oxygens (including phenoxy) is 4. The summed E-state index contributed by atoms with van der Waals surface area (Å²) in [6.07, 6.45) is 0. The topological polar surface area (TPSA) is 76.0 Å². The highest BCUT2D eigenvalue weighted by molar-refractivity contribution is 6.00. The molecule has 7 nitrogen and oxygen atoms in total. The molecule has 0 radical (unpaired) electrons. The minimum Gasteiger partial charge on any atom is -0.493 e. The lowest BCUT2D eigenvalue weighted by Crippen LogP contribution is -2.17. The summed E-state index contributed by atoms with van der Waals surface area (Å²) >= 11 is 0. The number of carbonyl (C=O) groups is 2. The zero-order valence-corrected chi connectivity index (χ0v) is 19.5. The fourth-order valence-corrected chi connectivity index (χ4v) is 3.52. The molecule has 0 spiro atoms. The van der Waals surface area contributed by atoms with E-state index in [1.807, 2.05) is 40.7 Å². The molecule has 2 rings (SSSR count). The second-order valence-corrected chi connectivity index (χ2v) is 8.03. The molecule has 0 bridgehead atoms. The first-order valence-electron chi connectivity index (χ1n) is 10.4. The first-order chi connectivity index (χ1) is 14.7. The van der Waals surface area contributed by atoms with Crippen molar-refractivity contribution in [2.75, 3.05) is 34.0 Å². The monoisotopic (exact) mass is 431 g/mol. The summed E-state index contributed by atoms with van der Waals surface area (Å²) < 4.78 is 23.6. The van der Waals surface area contributed by atoms with Crippen LogP contribution in [0.3, 0.4) is 0 Å². The Labute approximate surface area is 184 Å². The summed E-state index contributed by atoms with van der Waals surface area (Å²) in [6.45, 7) is 10.7. The van der Waals surface area contributed by atoms with Gasteiger partial charge in [-0.05, 0) is 51.0 Å². The van der Waals surface area contributed by atoms with Crippen LogP contribution in [0.4, 0.5) is 0 Å². The van der Waals surface area contributed by atoms with Crippen LogP contribution in [-0.2, 0) is 9.47 Å². The average molecular weight is 432 g/mol. The second-order valence-electron chi connectivity index (χ2n) is 8.03. The number of Topliss-reactive ketones (excluding diaryl/α,β-unsaturated/α-hetero) is 1. The molecule has 170 valence electrons. The molecule has 1 aromatic carbocycles. The van der Waals surface area contributed by atoms with Gasteiger partial charge >= 0.3 is 5.97 Å². The molecule has 1 unspecified atom stereocenters. The largest absolute Gasteiger partial charge is 0.493 e. The van der Waals surface area contributed by atoms with E-state index < -0.39 is 5.97 Å². The number of nitrogens with zero attached hydrogens (tertiary/aromatic N) is 1. The van der Waals surface area contributed by atoms with Gasteiger partial charge in [-0.1, -0.05) is 13.8 Å². The van der Waals surface area contributed by atoms with Gasteiger partial charge in [0.05, 0.1) is 31.9 Å². The maximum atomic E-state index is 12.7. The number of methoxy groups -OCH3 is 2. The predicted octanol–water partition coefficient (Wildman–Crippen LogP) is 4.40. The number of rotatable bonds is 11. The third kappa shape index (κ3) is 6.10. The van der Waals surface area contributed by atoms with Crippen LogP contribution in [0.1, 0.15) is 58.9 Å². The first kappa shape index (κ1) is 24.5. The molecule has 0 aliphatic rings. The van der Waals surface area contributed by atoms with Crippen LogP contribution >= 0.6 is 0 Å². The van der Waals surface area contributed by atoms with E-state index in [9.17, 15) is 9.59 Å². The number of hydrogen-bond donors (Lipinski definition) is 0. The number of aromatic nitrogens is 1. The maximum Gasteiger partial charge on any atom is 0.338 e. The predicted molar refractivity (Wildman–Crippen MR) is 118 cm³/mol. The maximum absolute atomic E-state index is 12.7. The Bertz CT molecular complexity index is 915. The Kier molecular flexibility index (Phi) is 8.68. The van der Waals surface area contributed by atoms with Crippen molar-refractivity contribution in [2.24, 2.45) is 5.92 Å². The minimum atomic E-state index is -0.594. The summed E-state index contributed by atoms with van der Waals surface area (Å²) in [7, 11) is 3.16. The first-order valence-corrected chi connectivity index (χ1v) is 10.4. The SMILES string of the molecule is COCC(C)n1c(C)cc(C(=O)COC(=O)c2ccc(OCC(C)C)c(OC)c2)c1C. The molecule has 1 heterocycles. The van der Waals surface area contributed by atoms with E-state index in [1.165, 1.54) is 7.11 Å². The van der Waals surface area contributed by atoms with Crippen LogP contribution in [0, 0.1) is 19.8 Å². The van der Waals surface area contributed by atoms with Crippen molar-refractivity contribution >= 4 is 11.8 Å². The quantitative estimate of drug-likeness (QED) is 0.388. The zero-order valence-electron chi connectivity index (χ0n) is 19.5. The number of carbonyl (C=O) groups excluding carboxylic acids is 2. The lowest BCUT2D eigenvalue weighted by atomic mass is 10.1. The number of hydrogen-bond acceptors (Lipinski definition) is 6. The minimum absolute atomic E-state index is 0.0954. The van der Waals surface area contributed by atoms with Crippen molar-refractivity contribution in [1.29, 1.82) is 0 Å². The van der Waals surface area contributed by atoms with Crippen LogP contribution < -0.4 is 9.47 Å². The molecule has 0 fully saturated rings.